The number of thioether (sulfide) groups is 1. The molecule has 0 spiro atoms. The molecular weight excluding hydrogens is 535 g/mol. The highest BCUT2D eigenvalue weighted by Crippen LogP contribution is 2.54. The van der Waals surface area contributed by atoms with E-state index in [2.05, 4.69) is 4.98 Å². The number of rotatable bonds is 5. The largest absolute Gasteiger partial charge is 0.489 e. The Morgan fingerprint density at radius 2 is 1.73 bits per heavy atom. The number of carbonyl (C=O) groups is 2. The van der Waals surface area contributed by atoms with Gasteiger partial charge in [0.25, 0.3) is 0 Å². The summed E-state index contributed by atoms with van der Waals surface area (Å²) >= 11 is 8.59. The molecule has 186 valence electrons. The van der Waals surface area contributed by atoms with Crippen LogP contribution in [0, 0.1) is 11.7 Å². The molecule has 3 unspecified atom stereocenters. The quantitative estimate of drug-likeness (QED) is 0.326. The number of ether oxygens (including phenoxy) is 1. The van der Waals surface area contributed by atoms with E-state index in [1.165, 1.54) is 36.0 Å². The molecule has 1 N–H and O–H groups in total. The van der Waals surface area contributed by atoms with Crippen molar-refractivity contribution in [3.8, 4) is 5.75 Å². The molecule has 0 bridgehead atoms. The van der Waals surface area contributed by atoms with E-state index in [4.69, 9.17) is 16.3 Å². The number of aromatic amines is 1. The van der Waals surface area contributed by atoms with Gasteiger partial charge in [0.2, 0.25) is 11.8 Å². The van der Waals surface area contributed by atoms with Crippen molar-refractivity contribution in [2.45, 2.75) is 22.8 Å². The van der Waals surface area contributed by atoms with Crippen LogP contribution in [0.25, 0.3) is 0 Å². The lowest BCUT2D eigenvalue weighted by Gasteiger charge is -2.31. The summed E-state index contributed by atoms with van der Waals surface area (Å²) in [6.45, 7) is 0.288. The molecule has 0 aliphatic carbocycles. The second kappa shape index (κ2) is 9.48. The Labute approximate surface area is 224 Å². The Kier molecular flexibility index (Phi) is 6.14. The van der Waals surface area contributed by atoms with Crippen LogP contribution in [0.15, 0.2) is 82.6 Å². The summed E-state index contributed by atoms with van der Waals surface area (Å²) < 4.78 is 19.7. The Morgan fingerprint density at radius 3 is 2.49 bits per heavy atom. The maximum Gasteiger partial charge on any atom is 0.305 e. The highest BCUT2D eigenvalue weighted by Gasteiger charge is 2.56. The number of nitrogens with one attached hydrogen (secondary N) is 1. The predicted octanol–water partition coefficient (Wildman–Crippen LogP) is 5.60. The zero-order valence-electron chi connectivity index (χ0n) is 19.0. The number of anilines is 1. The van der Waals surface area contributed by atoms with Crippen LogP contribution in [0.4, 0.5) is 10.1 Å². The molecular formula is C27H18ClFN2O4S2. The van der Waals surface area contributed by atoms with Crippen molar-refractivity contribution in [3.05, 3.63) is 109 Å². The number of nitrogens with zero attached hydrogens (tertiary/aromatic N) is 1. The number of hydrogen-bond donors (Lipinski definition) is 1. The van der Waals surface area contributed by atoms with Crippen molar-refractivity contribution in [1.29, 1.82) is 0 Å². The monoisotopic (exact) mass is 552 g/mol. The number of amides is 2. The third kappa shape index (κ3) is 4.27. The fourth-order valence-electron chi connectivity index (χ4n) is 4.83. The molecule has 4 aromatic rings. The van der Waals surface area contributed by atoms with E-state index in [0.29, 0.717) is 31.9 Å². The molecule has 1 saturated heterocycles. The zero-order valence-corrected chi connectivity index (χ0v) is 21.4. The van der Waals surface area contributed by atoms with Gasteiger partial charge in [-0.15, -0.1) is 0 Å². The van der Waals surface area contributed by atoms with Gasteiger partial charge in [0.1, 0.15) is 23.4 Å². The standard InChI is InChI=1S/C27H18ClFN2O4S2/c28-15-6-11-19(35-13-14-4-2-1-3-5-14)18(12-15)20-21-23(36-24-22(20)37-27(34)30-24)26(33)31(25(21)32)17-9-7-16(29)8-10-17/h1-12,20-21,23H,13H2,(H,30,34). The average molecular weight is 553 g/mol. The normalized spacial score (nSPS) is 20.6. The van der Waals surface area contributed by atoms with Crippen LogP contribution in [0.5, 0.6) is 5.75 Å². The number of hydrogen-bond acceptors (Lipinski definition) is 6. The third-order valence-electron chi connectivity index (χ3n) is 6.45. The summed E-state index contributed by atoms with van der Waals surface area (Å²) in [7, 11) is 0. The van der Waals surface area contributed by atoms with Gasteiger partial charge in [-0.2, -0.15) is 0 Å². The number of halogens is 2. The minimum absolute atomic E-state index is 0.272. The van der Waals surface area contributed by atoms with Gasteiger partial charge in [-0.05, 0) is 48.0 Å². The first-order valence-electron chi connectivity index (χ1n) is 11.4. The van der Waals surface area contributed by atoms with E-state index in [0.717, 1.165) is 21.8 Å². The lowest BCUT2D eigenvalue weighted by molar-refractivity contribution is -0.122. The second-order valence-corrected chi connectivity index (χ2v) is 11.3. The molecule has 2 aliphatic heterocycles. The molecule has 0 radical (unpaired) electrons. The van der Waals surface area contributed by atoms with E-state index < -0.39 is 34.7 Å². The topological polar surface area (TPSA) is 79.5 Å². The summed E-state index contributed by atoms with van der Waals surface area (Å²) in [6, 6.07) is 20.1. The van der Waals surface area contributed by atoms with Crippen LogP contribution in [0.2, 0.25) is 5.02 Å². The molecule has 3 atom stereocenters. The first-order chi connectivity index (χ1) is 17.9. The molecule has 2 aliphatic rings. The molecule has 6 rings (SSSR count). The number of imide groups is 1. The summed E-state index contributed by atoms with van der Waals surface area (Å²) in [4.78, 5) is 44.1. The minimum Gasteiger partial charge on any atom is -0.489 e. The highest BCUT2D eigenvalue weighted by atomic mass is 35.5. The van der Waals surface area contributed by atoms with E-state index in [1.54, 1.807) is 18.2 Å². The number of fused-ring (bicyclic) bond motifs is 2. The number of H-pyrrole nitrogens is 1. The van der Waals surface area contributed by atoms with Gasteiger partial charge in [-0.1, -0.05) is 65.0 Å². The zero-order chi connectivity index (χ0) is 25.7. The van der Waals surface area contributed by atoms with Crippen molar-refractivity contribution in [2.75, 3.05) is 4.90 Å². The molecule has 0 saturated carbocycles. The van der Waals surface area contributed by atoms with Crippen molar-refractivity contribution in [1.82, 2.24) is 4.98 Å². The minimum atomic E-state index is -0.806. The molecule has 3 aromatic carbocycles. The molecule has 3 heterocycles. The van der Waals surface area contributed by atoms with E-state index in [1.807, 2.05) is 30.3 Å². The van der Waals surface area contributed by atoms with Crippen molar-refractivity contribution in [2.24, 2.45) is 5.92 Å². The van der Waals surface area contributed by atoms with Crippen molar-refractivity contribution < 1.29 is 18.7 Å². The first kappa shape index (κ1) is 24.0. The lowest BCUT2D eigenvalue weighted by Crippen LogP contribution is -2.32. The summed E-state index contributed by atoms with van der Waals surface area (Å²) in [5, 5.41) is 0.215. The summed E-state index contributed by atoms with van der Waals surface area (Å²) in [5.74, 6) is -2.24. The average Bonchev–Trinajstić information content (AvgIpc) is 3.39. The number of aromatic nitrogens is 1. The Balaban J connectivity index is 1.45. The number of benzene rings is 3. The van der Waals surface area contributed by atoms with E-state index in [-0.39, 0.29) is 11.5 Å². The fraction of sp³-hybridized carbons (Fsp3) is 0.148. The Morgan fingerprint density at radius 1 is 0.973 bits per heavy atom. The predicted molar refractivity (Wildman–Crippen MR) is 141 cm³/mol. The van der Waals surface area contributed by atoms with Gasteiger partial charge in [0, 0.05) is 21.4 Å². The molecule has 1 aromatic heterocycles. The van der Waals surface area contributed by atoms with Crippen LogP contribution in [0.3, 0.4) is 0 Å². The van der Waals surface area contributed by atoms with Gasteiger partial charge in [-0.25, -0.2) is 9.29 Å². The van der Waals surface area contributed by atoms with Gasteiger partial charge in [-0.3, -0.25) is 14.4 Å². The maximum absolute atomic E-state index is 13.9. The Bertz CT molecular complexity index is 1570. The molecule has 1 fully saturated rings. The van der Waals surface area contributed by atoms with Gasteiger partial charge in [0.05, 0.1) is 16.6 Å². The smallest absolute Gasteiger partial charge is 0.305 e. The summed E-state index contributed by atoms with van der Waals surface area (Å²) in [5.41, 5.74) is 1.88. The highest BCUT2D eigenvalue weighted by molar-refractivity contribution is 8.00. The maximum atomic E-state index is 13.9. The fourth-order valence-corrected chi connectivity index (χ4v) is 7.51. The first-order valence-corrected chi connectivity index (χ1v) is 13.5. The van der Waals surface area contributed by atoms with Crippen LogP contribution in [-0.2, 0) is 16.2 Å². The SMILES string of the molecule is O=C1C2Sc3[nH]c(=O)sc3C(c3cc(Cl)ccc3OCc3ccccc3)C2C(=O)N1c1ccc(F)cc1. The van der Waals surface area contributed by atoms with E-state index >= 15 is 0 Å². The molecule has 6 nitrogen and oxygen atoms in total. The van der Waals surface area contributed by atoms with E-state index in [9.17, 15) is 18.8 Å². The molecule has 10 heteroatoms. The van der Waals surface area contributed by atoms with Gasteiger partial charge < -0.3 is 9.72 Å². The lowest BCUT2D eigenvalue weighted by atomic mass is 9.82. The van der Waals surface area contributed by atoms with Crippen LogP contribution in [0.1, 0.15) is 21.9 Å². The third-order valence-corrected chi connectivity index (χ3v) is 9.09. The Hall–Kier alpha value is -3.40. The number of thiazole rings is 1. The van der Waals surface area contributed by atoms with Crippen LogP contribution in [-0.4, -0.2) is 22.0 Å². The van der Waals surface area contributed by atoms with Gasteiger partial charge in [0.15, 0.2) is 0 Å². The molecule has 37 heavy (non-hydrogen) atoms. The van der Waals surface area contributed by atoms with Gasteiger partial charge >= 0.3 is 4.87 Å². The van der Waals surface area contributed by atoms with Crippen LogP contribution < -0.4 is 14.5 Å². The second-order valence-electron chi connectivity index (χ2n) is 8.69. The van der Waals surface area contributed by atoms with Crippen molar-refractivity contribution >= 4 is 52.2 Å². The van der Waals surface area contributed by atoms with Crippen LogP contribution >= 0.6 is 34.7 Å². The number of carbonyl (C=O) groups excluding carboxylic acids is 2. The molecule has 2 amide bonds. The summed E-state index contributed by atoms with van der Waals surface area (Å²) in [6.07, 6.45) is 0. The van der Waals surface area contributed by atoms with Crippen molar-refractivity contribution in [3.63, 3.8) is 0 Å².